The summed E-state index contributed by atoms with van der Waals surface area (Å²) in [7, 11) is -2.25. The summed E-state index contributed by atoms with van der Waals surface area (Å²) < 4.78 is 17.8. The number of nitro groups is 1. The fraction of sp³-hybridized carbons (Fsp3) is 0.481. The zero-order valence-corrected chi connectivity index (χ0v) is 23.9. The number of rotatable bonds is 9. The molecule has 1 N–H and O–H groups in total. The van der Waals surface area contributed by atoms with Crippen LogP contribution in [0.25, 0.3) is 0 Å². The summed E-state index contributed by atoms with van der Waals surface area (Å²) >= 11 is 0. The van der Waals surface area contributed by atoms with Crippen LogP contribution in [0.4, 0.5) is 10.5 Å². The normalized spacial score (nSPS) is 13.8. The van der Waals surface area contributed by atoms with E-state index in [2.05, 4.69) is 39.2 Å². The molecule has 0 radical (unpaired) electrons. The molecule has 0 unspecified atom stereocenters. The molecular weight excluding hydrogens is 492 g/mol. The zero-order valence-electron chi connectivity index (χ0n) is 22.9. The Balaban J connectivity index is 2.43. The number of ether oxygens (including phenoxy) is 2. The van der Waals surface area contributed by atoms with Crippen LogP contribution >= 0.6 is 0 Å². The first-order valence-corrected chi connectivity index (χ1v) is 15.0. The average molecular weight is 531 g/mol. The Morgan fingerprint density at radius 3 is 2.03 bits per heavy atom. The minimum absolute atomic E-state index is 0.0323. The minimum atomic E-state index is -2.25. The van der Waals surface area contributed by atoms with E-state index in [0.29, 0.717) is 5.56 Å². The number of non-ortho nitro benzene ring substituents is 1. The topological polar surface area (TPSA) is 117 Å². The number of hydrogen-bond acceptors (Lipinski definition) is 7. The quantitative estimate of drug-likeness (QED) is 0.172. The van der Waals surface area contributed by atoms with Crippen LogP contribution in [0.15, 0.2) is 54.6 Å². The van der Waals surface area contributed by atoms with Crippen molar-refractivity contribution in [2.45, 2.75) is 77.4 Å². The second kappa shape index (κ2) is 11.9. The predicted molar refractivity (Wildman–Crippen MR) is 144 cm³/mol. The van der Waals surface area contributed by atoms with E-state index in [0.717, 1.165) is 0 Å². The van der Waals surface area contributed by atoms with Crippen molar-refractivity contribution in [3.63, 3.8) is 0 Å². The molecule has 0 aliphatic heterocycles. The summed E-state index contributed by atoms with van der Waals surface area (Å²) in [6.45, 7) is 15.8. The van der Waals surface area contributed by atoms with Gasteiger partial charge in [0.25, 0.3) is 5.69 Å². The number of hydrogen-bond donors (Lipinski definition) is 1. The van der Waals surface area contributed by atoms with Gasteiger partial charge in [-0.15, -0.1) is 0 Å². The molecule has 0 heterocycles. The molecule has 37 heavy (non-hydrogen) atoms. The van der Waals surface area contributed by atoms with Gasteiger partial charge in [-0.1, -0.05) is 51.1 Å². The Hall–Kier alpha value is -3.24. The number of nitro benzene ring substituents is 1. The fourth-order valence-electron chi connectivity index (χ4n) is 3.12. The lowest BCUT2D eigenvalue weighted by molar-refractivity contribution is -0.384. The summed E-state index contributed by atoms with van der Waals surface area (Å²) in [4.78, 5) is 36.4. The van der Waals surface area contributed by atoms with Gasteiger partial charge in [0.1, 0.15) is 11.7 Å². The van der Waals surface area contributed by atoms with Gasteiger partial charge in [-0.3, -0.25) is 10.1 Å². The summed E-state index contributed by atoms with van der Waals surface area (Å²) in [5, 5.41) is 13.7. The number of benzene rings is 2. The number of nitrogens with zero attached hydrogens (tertiary/aromatic N) is 1. The van der Waals surface area contributed by atoms with Crippen LogP contribution in [-0.4, -0.2) is 43.6 Å². The third-order valence-electron chi connectivity index (χ3n) is 6.19. The van der Waals surface area contributed by atoms with Crippen molar-refractivity contribution in [2.24, 2.45) is 0 Å². The van der Waals surface area contributed by atoms with Gasteiger partial charge in [-0.05, 0) is 56.6 Å². The van der Waals surface area contributed by atoms with E-state index in [9.17, 15) is 19.7 Å². The number of esters is 1. The van der Waals surface area contributed by atoms with Gasteiger partial charge >= 0.3 is 12.1 Å². The van der Waals surface area contributed by atoms with Crippen LogP contribution < -0.4 is 5.32 Å². The Morgan fingerprint density at radius 2 is 1.54 bits per heavy atom. The first-order chi connectivity index (χ1) is 17.0. The molecule has 0 fully saturated rings. The lowest BCUT2D eigenvalue weighted by Gasteiger charge is -2.38. The average Bonchev–Trinajstić information content (AvgIpc) is 2.79. The molecule has 1 amide bonds. The van der Waals surface area contributed by atoms with E-state index in [1.165, 1.54) is 24.3 Å². The van der Waals surface area contributed by atoms with Crippen molar-refractivity contribution in [3.05, 3.63) is 75.8 Å². The molecule has 2 aromatic rings. The molecule has 0 aliphatic rings. The summed E-state index contributed by atoms with van der Waals surface area (Å²) in [5.74, 6) is -0.689. The lowest BCUT2D eigenvalue weighted by Crippen LogP contribution is -2.47. The molecule has 202 valence electrons. The van der Waals surface area contributed by atoms with Crippen molar-refractivity contribution in [1.82, 2.24) is 5.32 Å². The second-order valence-corrected chi connectivity index (χ2v) is 16.2. The number of carbonyl (C=O) groups is 2. The monoisotopic (exact) mass is 530 g/mol. The number of carbonyl (C=O) groups excluding carboxylic acids is 2. The van der Waals surface area contributed by atoms with Crippen LogP contribution in [0.3, 0.4) is 0 Å². The number of amides is 1. The molecule has 0 spiro atoms. The maximum Gasteiger partial charge on any atom is 0.408 e. The summed E-state index contributed by atoms with van der Waals surface area (Å²) in [6.07, 6.45) is -1.57. The highest BCUT2D eigenvalue weighted by Crippen LogP contribution is 2.37. The van der Waals surface area contributed by atoms with E-state index in [-0.39, 0.29) is 22.9 Å². The molecule has 9 nitrogen and oxygen atoms in total. The molecule has 0 aliphatic carbocycles. The molecule has 0 saturated carbocycles. The van der Waals surface area contributed by atoms with E-state index in [4.69, 9.17) is 13.9 Å². The maximum atomic E-state index is 13.1. The first kappa shape index (κ1) is 30.0. The molecule has 2 atom stereocenters. The fourth-order valence-corrected chi connectivity index (χ4v) is 4.13. The van der Waals surface area contributed by atoms with Crippen LogP contribution in [0.2, 0.25) is 18.1 Å². The van der Waals surface area contributed by atoms with Crippen molar-refractivity contribution in [3.8, 4) is 0 Å². The van der Waals surface area contributed by atoms with Crippen LogP contribution in [0, 0.1) is 10.1 Å². The summed E-state index contributed by atoms with van der Waals surface area (Å²) in [5.41, 5.74) is -0.0164. The molecule has 0 bridgehead atoms. The molecule has 0 aromatic heterocycles. The molecule has 2 rings (SSSR count). The molecule has 2 aromatic carbocycles. The Labute approximate surface area is 219 Å². The second-order valence-electron chi connectivity index (χ2n) is 11.4. The van der Waals surface area contributed by atoms with E-state index in [1.54, 1.807) is 20.8 Å². The minimum Gasteiger partial charge on any atom is -0.454 e. The SMILES string of the molecule is CC(C)(C)OC(=O)N[C@H](c1ccccc1)[C@@H](CO[Si](C)(C)C(C)(C)C)OC(=O)c1ccc([N+](=O)[O-])cc1. The molecule has 10 heteroatoms. The Bertz CT molecular complexity index is 1070. The van der Waals surface area contributed by atoms with Gasteiger partial charge in [0.05, 0.1) is 23.1 Å². The molecular formula is C27H38N2O7Si. The Morgan fingerprint density at radius 1 is 0.973 bits per heavy atom. The zero-order chi connectivity index (χ0) is 28.0. The third kappa shape index (κ3) is 8.98. The van der Waals surface area contributed by atoms with Gasteiger partial charge in [-0.25, -0.2) is 9.59 Å². The third-order valence-corrected chi connectivity index (χ3v) is 10.7. The smallest absolute Gasteiger partial charge is 0.408 e. The standard InChI is InChI=1S/C27H38N2O7Si/c1-26(2,3)36-25(31)28-23(19-12-10-9-11-13-19)22(18-34-37(7,8)27(4,5)6)35-24(30)20-14-16-21(17-15-20)29(32)33/h9-17,22-23H,18H2,1-8H3,(H,28,31)/t22-,23-/m1/s1. The van der Waals surface area contributed by atoms with Gasteiger partial charge < -0.3 is 19.2 Å². The highest BCUT2D eigenvalue weighted by molar-refractivity contribution is 6.74. The van der Waals surface area contributed by atoms with E-state index >= 15 is 0 Å². The highest BCUT2D eigenvalue weighted by Gasteiger charge is 2.39. The first-order valence-electron chi connectivity index (χ1n) is 12.1. The van der Waals surface area contributed by atoms with Crippen LogP contribution in [0.1, 0.15) is 63.5 Å². The van der Waals surface area contributed by atoms with Crippen molar-refractivity contribution >= 4 is 26.1 Å². The van der Waals surface area contributed by atoms with Crippen molar-refractivity contribution < 1.29 is 28.4 Å². The number of alkyl carbamates (subject to hydrolysis) is 1. The maximum absolute atomic E-state index is 13.1. The van der Waals surface area contributed by atoms with Crippen molar-refractivity contribution in [1.29, 1.82) is 0 Å². The van der Waals surface area contributed by atoms with Crippen molar-refractivity contribution in [2.75, 3.05) is 6.61 Å². The lowest BCUT2D eigenvalue weighted by atomic mass is 10.0. The van der Waals surface area contributed by atoms with Gasteiger partial charge in [0.2, 0.25) is 0 Å². The van der Waals surface area contributed by atoms with Gasteiger partial charge in [-0.2, -0.15) is 0 Å². The summed E-state index contributed by atoms with van der Waals surface area (Å²) in [6, 6.07) is 13.5. The van der Waals surface area contributed by atoms with Crippen LogP contribution in [-0.2, 0) is 13.9 Å². The van der Waals surface area contributed by atoms with Gasteiger partial charge in [0, 0.05) is 12.1 Å². The van der Waals surface area contributed by atoms with E-state index in [1.807, 2.05) is 30.3 Å². The van der Waals surface area contributed by atoms with Crippen LogP contribution in [0.5, 0.6) is 0 Å². The Kier molecular flexibility index (Phi) is 9.62. The van der Waals surface area contributed by atoms with Gasteiger partial charge in [0.15, 0.2) is 8.32 Å². The largest absolute Gasteiger partial charge is 0.454 e. The number of nitrogens with one attached hydrogen (secondary N) is 1. The molecule has 0 saturated heterocycles. The van der Waals surface area contributed by atoms with E-state index < -0.39 is 43.1 Å². The predicted octanol–water partition coefficient (Wildman–Crippen LogP) is 6.41. The highest BCUT2D eigenvalue weighted by atomic mass is 28.4.